The molecule has 0 fully saturated rings. The molecule has 3 N–H and O–H groups in total. The summed E-state index contributed by atoms with van der Waals surface area (Å²) in [5, 5.41) is 6.08. The second-order valence-corrected chi connectivity index (χ2v) is 8.11. The first-order valence-corrected chi connectivity index (χ1v) is 10.7. The van der Waals surface area contributed by atoms with E-state index in [2.05, 4.69) is 21.4 Å². The molecule has 0 saturated heterocycles. The molecule has 0 saturated carbocycles. The molecule has 5 aromatic rings. The highest BCUT2D eigenvalue weighted by molar-refractivity contribution is 6.07. The molecule has 0 unspecified atom stereocenters. The Morgan fingerprint density at radius 2 is 1.81 bits per heavy atom. The fraction of sp³-hybridized carbons (Fsp3) is 0.192. The zero-order valence-corrected chi connectivity index (χ0v) is 18.0. The van der Waals surface area contributed by atoms with Gasteiger partial charge in [0.05, 0.1) is 11.0 Å². The lowest BCUT2D eigenvalue weighted by Crippen LogP contribution is -2.30. The monoisotopic (exact) mass is 429 g/mol. The van der Waals surface area contributed by atoms with E-state index in [9.17, 15) is 9.18 Å². The second kappa shape index (κ2) is 8.04. The van der Waals surface area contributed by atoms with Crippen LogP contribution in [0.15, 0.2) is 54.6 Å². The van der Waals surface area contributed by atoms with Crippen molar-refractivity contribution < 1.29 is 13.9 Å². The maximum Gasteiger partial charge on any atom is 0.257 e. The zero-order chi connectivity index (χ0) is 22.2. The lowest BCUT2D eigenvalue weighted by molar-refractivity contribution is -0.123. The van der Waals surface area contributed by atoms with Gasteiger partial charge in [-0.15, -0.1) is 0 Å². The van der Waals surface area contributed by atoms with Crippen LogP contribution >= 0.6 is 0 Å². The van der Waals surface area contributed by atoms with Gasteiger partial charge in [-0.2, -0.15) is 0 Å². The molecule has 162 valence electrons. The number of hydrogen-bond acceptors (Lipinski definition) is 2. The second-order valence-electron chi connectivity index (χ2n) is 8.11. The van der Waals surface area contributed by atoms with Crippen LogP contribution in [0.3, 0.4) is 0 Å². The van der Waals surface area contributed by atoms with Gasteiger partial charge in [0.15, 0.2) is 6.61 Å². The summed E-state index contributed by atoms with van der Waals surface area (Å²) in [7, 11) is 0. The minimum Gasteiger partial charge on any atom is -0.484 e. The Hall–Kier alpha value is -3.80. The first-order valence-electron chi connectivity index (χ1n) is 10.7. The Balaban J connectivity index is 1.21. The van der Waals surface area contributed by atoms with Gasteiger partial charge in [-0.25, -0.2) is 4.39 Å². The van der Waals surface area contributed by atoms with E-state index in [1.807, 2.05) is 50.2 Å². The molecule has 2 heterocycles. The number of para-hydroxylation sites is 1. The maximum atomic E-state index is 14.1. The third-order valence-electron chi connectivity index (χ3n) is 5.97. The summed E-state index contributed by atoms with van der Waals surface area (Å²) in [6.45, 7) is 4.29. The number of carbonyl (C=O) groups excluding carboxylic acids is 1. The van der Waals surface area contributed by atoms with Crippen molar-refractivity contribution in [3.05, 3.63) is 77.2 Å². The molecule has 32 heavy (non-hydrogen) atoms. The lowest BCUT2D eigenvalue weighted by atomic mass is 10.0. The summed E-state index contributed by atoms with van der Waals surface area (Å²) in [5.41, 5.74) is 5.54. The van der Waals surface area contributed by atoms with Crippen LogP contribution in [0.2, 0.25) is 0 Å². The van der Waals surface area contributed by atoms with Crippen molar-refractivity contribution in [3.8, 4) is 5.75 Å². The number of H-pyrrole nitrogens is 2. The molecule has 2 aromatic heterocycles. The summed E-state index contributed by atoms with van der Waals surface area (Å²) in [6, 6.07) is 17.2. The molecule has 0 radical (unpaired) electrons. The van der Waals surface area contributed by atoms with Gasteiger partial charge in [-0.05, 0) is 55.7 Å². The van der Waals surface area contributed by atoms with E-state index in [1.165, 1.54) is 6.07 Å². The molecule has 0 aliphatic carbocycles. The maximum absolute atomic E-state index is 14.1. The fourth-order valence-corrected chi connectivity index (χ4v) is 4.41. The largest absolute Gasteiger partial charge is 0.484 e. The molecule has 0 atom stereocenters. The fourth-order valence-electron chi connectivity index (χ4n) is 4.41. The van der Waals surface area contributed by atoms with Crippen LogP contribution in [0.25, 0.3) is 32.7 Å². The van der Waals surface area contributed by atoms with Crippen molar-refractivity contribution in [2.75, 3.05) is 13.2 Å². The van der Waals surface area contributed by atoms with Crippen LogP contribution < -0.4 is 10.1 Å². The Kier molecular flexibility index (Phi) is 5.05. The van der Waals surface area contributed by atoms with Gasteiger partial charge in [0.25, 0.3) is 5.91 Å². The molecule has 3 aromatic carbocycles. The van der Waals surface area contributed by atoms with Gasteiger partial charge in [0.1, 0.15) is 11.6 Å². The molecule has 0 aliphatic rings. The molecule has 0 spiro atoms. The summed E-state index contributed by atoms with van der Waals surface area (Å²) in [4.78, 5) is 18.8. The van der Waals surface area contributed by atoms with E-state index in [0.29, 0.717) is 24.2 Å². The van der Waals surface area contributed by atoms with Crippen LogP contribution in [0.5, 0.6) is 5.75 Å². The third-order valence-corrected chi connectivity index (χ3v) is 5.97. The van der Waals surface area contributed by atoms with E-state index in [1.54, 1.807) is 6.07 Å². The van der Waals surface area contributed by atoms with Crippen molar-refractivity contribution in [1.82, 2.24) is 15.3 Å². The van der Waals surface area contributed by atoms with Crippen molar-refractivity contribution in [1.29, 1.82) is 0 Å². The summed E-state index contributed by atoms with van der Waals surface area (Å²) < 4.78 is 19.8. The first-order chi connectivity index (χ1) is 15.5. The first kappa shape index (κ1) is 20.1. The predicted octanol–water partition coefficient (Wildman–Crippen LogP) is 5.30. The van der Waals surface area contributed by atoms with E-state index in [0.717, 1.165) is 44.0 Å². The molecule has 1 amide bonds. The summed E-state index contributed by atoms with van der Waals surface area (Å²) in [6.07, 6.45) is 0.614. The summed E-state index contributed by atoms with van der Waals surface area (Å²) >= 11 is 0. The van der Waals surface area contributed by atoms with Crippen LogP contribution in [-0.4, -0.2) is 29.0 Å². The molecule has 0 bridgehead atoms. The van der Waals surface area contributed by atoms with Gasteiger partial charge in [0, 0.05) is 40.0 Å². The predicted molar refractivity (Wildman–Crippen MR) is 126 cm³/mol. The van der Waals surface area contributed by atoms with E-state index in [4.69, 9.17) is 4.74 Å². The van der Waals surface area contributed by atoms with E-state index < -0.39 is 0 Å². The molecule has 0 aliphatic heterocycles. The minimum atomic E-state index is -0.260. The minimum absolute atomic E-state index is 0.0632. The Morgan fingerprint density at radius 1 is 1.00 bits per heavy atom. The number of ether oxygens (including phenoxy) is 1. The molecule has 5 nitrogen and oxygen atoms in total. The average molecular weight is 429 g/mol. The van der Waals surface area contributed by atoms with Crippen LogP contribution in [0.1, 0.15) is 16.8 Å². The molecular weight excluding hydrogens is 405 g/mol. The van der Waals surface area contributed by atoms with E-state index in [-0.39, 0.29) is 18.3 Å². The zero-order valence-electron chi connectivity index (χ0n) is 18.0. The number of nitrogens with one attached hydrogen (secondary N) is 3. The highest BCUT2D eigenvalue weighted by Crippen LogP contribution is 2.29. The smallest absolute Gasteiger partial charge is 0.257 e. The highest BCUT2D eigenvalue weighted by atomic mass is 19.1. The van der Waals surface area contributed by atoms with Crippen LogP contribution in [-0.2, 0) is 11.2 Å². The van der Waals surface area contributed by atoms with Crippen molar-refractivity contribution in [3.63, 3.8) is 0 Å². The average Bonchev–Trinajstić information content (AvgIpc) is 3.33. The molecule has 6 heteroatoms. The third kappa shape index (κ3) is 3.58. The number of amides is 1. The number of carbonyl (C=O) groups is 1. The van der Waals surface area contributed by atoms with E-state index >= 15 is 0 Å². The van der Waals surface area contributed by atoms with Crippen molar-refractivity contribution >= 4 is 38.6 Å². The van der Waals surface area contributed by atoms with Gasteiger partial charge >= 0.3 is 0 Å². The highest BCUT2D eigenvalue weighted by Gasteiger charge is 2.14. The summed E-state index contributed by atoms with van der Waals surface area (Å²) in [5.74, 6) is 0.184. The Bertz CT molecular complexity index is 1460. The van der Waals surface area contributed by atoms with Crippen molar-refractivity contribution in [2.24, 2.45) is 0 Å². The Morgan fingerprint density at radius 3 is 2.69 bits per heavy atom. The number of hydrogen-bond donors (Lipinski definition) is 3. The number of fused-ring (bicyclic) bond motifs is 4. The van der Waals surface area contributed by atoms with Gasteiger partial charge in [-0.3, -0.25) is 4.79 Å². The van der Waals surface area contributed by atoms with Crippen LogP contribution in [0, 0.1) is 19.7 Å². The van der Waals surface area contributed by atoms with Gasteiger partial charge < -0.3 is 20.0 Å². The normalized spacial score (nSPS) is 11.5. The van der Waals surface area contributed by atoms with Gasteiger partial charge in [0.2, 0.25) is 0 Å². The number of halogens is 1. The number of aryl methyl sites for hydroxylation is 2. The van der Waals surface area contributed by atoms with Crippen LogP contribution in [0.4, 0.5) is 4.39 Å². The quantitative estimate of drug-likeness (QED) is 0.343. The number of aromatic amines is 2. The standard InChI is InChI=1S/C26H24FN3O2/c1-15-7-10-21(27)26-25(15)18(16(2)29-26)11-12-28-24(31)14-32-17-8-9-20-19-5-3-4-6-22(19)30-23(20)13-17/h3-10,13,29-30H,11-12,14H2,1-2H3,(H,28,31). The molecular formula is C26H24FN3O2. The lowest BCUT2D eigenvalue weighted by Gasteiger charge is -2.09. The number of aromatic nitrogens is 2. The number of rotatable bonds is 6. The SMILES string of the molecule is Cc1[nH]c2c(F)ccc(C)c2c1CCNC(=O)COc1ccc2c(c1)[nH]c1ccccc12. The van der Waals surface area contributed by atoms with Crippen molar-refractivity contribution in [2.45, 2.75) is 20.3 Å². The number of benzene rings is 3. The molecule has 5 rings (SSSR count). The van der Waals surface area contributed by atoms with Gasteiger partial charge in [-0.1, -0.05) is 24.3 Å². The Labute approximate surface area is 184 Å². The topological polar surface area (TPSA) is 69.9 Å².